The molecule has 0 spiro atoms. The van der Waals surface area contributed by atoms with Gasteiger partial charge in [0.15, 0.2) is 0 Å². The highest BCUT2D eigenvalue weighted by molar-refractivity contribution is 9.09. The first-order chi connectivity index (χ1) is 7.72. The molecule has 16 heavy (non-hydrogen) atoms. The van der Waals surface area contributed by atoms with Crippen molar-refractivity contribution in [2.24, 2.45) is 0 Å². The zero-order valence-electron chi connectivity index (χ0n) is 9.82. The molecule has 2 rings (SSSR count). The van der Waals surface area contributed by atoms with Crippen LogP contribution in [0.3, 0.4) is 0 Å². The predicted octanol–water partition coefficient (Wildman–Crippen LogP) is 2.33. The molecule has 2 aliphatic heterocycles. The number of hydrogen-bond acceptors (Lipinski definition) is 2. The van der Waals surface area contributed by atoms with E-state index in [-0.39, 0.29) is 12.5 Å². The third-order valence-electron chi connectivity index (χ3n) is 3.54. The van der Waals surface area contributed by atoms with Gasteiger partial charge in [-0.25, -0.2) is 0 Å². The fourth-order valence-electron chi connectivity index (χ4n) is 2.90. The third kappa shape index (κ3) is 2.59. The summed E-state index contributed by atoms with van der Waals surface area (Å²) in [5, 5.41) is 0. The number of ether oxygens (including phenoxy) is 1. The zero-order valence-corrected chi connectivity index (χ0v) is 11.4. The Balaban J connectivity index is 1.87. The third-order valence-corrected chi connectivity index (χ3v) is 4.29. The summed E-state index contributed by atoms with van der Waals surface area (Å²) in [4.78, 5) is 14.7. The fraction of sp³-hybridized carbons (Fsp3) is 0.917. The van der Waals surface area contributed by atoms with E-state index in [9.17, 15) is 4.79 Å². The monoisotopic (exact) mass is 289 g/mol. The molecule has 2 heterocycles. The first-order valence-electron chi connectivity index (χ1n) is 6.25. The molecule has 0 aliphatic carbocycles. The summed E-state index contributed by atoms with van der Waals surface area (Å²) < 4.78 is 5.35. The van der Waals surface area contributed by atoms with Crippen LogP contribution in [0.15, 0.2) is 0 Å². The van der Waals surface area contributed by atoms with Gasteiger partial charge in [0.1, 0.15) is 6.61 Å². The smallest absolute Gasteiger partial charge is 0.249 e. The van der Waals surface area contributed by atoms with Crippen LogP contribution >= 0.6 is 15.9 Å². The number of piperidine rings is 1. The Morgan fingerprint density at radius 2 is 2.00 bits per heavy atom. The lowest BCUT2D eigenvalue weighted by Gasteiger charge is -2.37. The molecule has 3 nitrogen and oxygen atoms in total. The lowest BCUT2D eigenvalue weighted by molar-refractivity contribution is -0.140. The van der Waals surface area contributed by atoms with Crippen LogP contribution in [0, 0.1) is 0 Å². The molecule has 2 saturated heterocycles. The summed E-state index contributed by atoms with van der Waals surface area (Å²) >= 11 is 3.68. The van der Waals surface area contributed by atoms with E-state index in [2.05, 4.69) is 27.8 Å². The van der Waals surface area contributed by atoms with E-state index < -0.39 is 0 Å². The zero-order chi connectivity index (χ0) is 11.5. The lowest BCUT2D eigenvalue weighted by Crippen LogP contribution is -2.48. The largest absolute Gasteiger partial charge is 0.372 e. The molecular formula is C12H20BrNO2. The van der Waals surface area contributed by atoms with Crippen molar-refractivity contribution in [3.8, 4) is 0 Å². The minimum absolute atomic E-state index is 0.195. The molecule has 2 fully saturated rings. The van der Waals surface area contributed by atoms with Gasteiger partial charge in [-0.3, -0.25) is 4.79 Å². The minimum atomic E-state index is 0.195. The first-order valence-corrected chi connectivity index (χ1v) is 7.17. The summed E-state index contributed by atoms with van der Waals surface area (Å²) in [5.41, 5.74) is 0. The average molecular weight is 290 g/mol. The molecule has 0 radical (unpaired) electrons. The maximum Gasteiger partial charge on any atom is 0.249 e. The SMILES string of the molecule is CCCOCC(=O)N1C2CCC1CC(Br)C2. The molecule has 0 N–H and O–H groups in total. The van der Waals surface area contributed by atoms with E-state index in [1.54, 1.807) is 0 Å². The lowest BCUT2D eigenvalue weighted by atomic mass is 10.0. The summed E-state index contributed by atoms with van der Waals surface area (Å²) in [6, 6.07) is 0.918. The van der Waals surface area contributed by atoms with Gasteiger partial charge in [0, 0.05) is 23.5 Å². The molecule has 1 amide bonds. The van der Waals surface area contributed by atoms with E-state index in [4.69, 9.17) is 4.74 Å². The topological polar surface area (TPSA) is 29.5 Å². The van der Waals surface area contributed by atoms with Gasteiger partial charge in [-0.2, -0.15) is 0 Å². The number of hydrogen-bond donors (Lipinski definition) is 0. The van der Waals surface area contributed by atoms with Crippen molar-refractivity contribution >= 4 is 21.8 Å². The number of carbonyl (C=O) groups is 1. The molecule has 92 valence electrons. The van der Waals surface area contributed by atoms with E-state index >= 15 is 0 Å². The minimum Gasteiger partial charge on any atom is -0.372 e. The summed E-state index contributed by atoms with van der Waals surface area (Å²) in [6.07, 6.45) is 5.54. The Labute approximate surface area is 106 Å². The molecule has 0 aromatic carbocycles. The second-order valence-corrected chi connectivity index (χ2v) is 6.10. The van der Waals surface area contributed by atoms with Gasteiger partial charge in [0.2, 0.25) is 5.91 Å². The Bertz CT molecular complexity index is 245. The number of rotatable bonds is 4. The Kier molecular flexibility index (Phi) is 4.25. The quantitative estimate of drug-likeness (QED) is 0.587. The fourth-order valence-corrected chi connectivity index (χ4v) is 3.76. The Morgan fingerprint density at radius 3 is 2.56 bits per heavy atom. The maximum atomic E-state index is 12.0. The van der Waals surface area contributed by atoms with Gasteiger partial charge in [-0.05, 0) is 32.1 Å². The molecule has 4 heteroatoms. The highest BCUT2D eigenvalue weighted by atomic mass is 79.9. The summed E-state index contributed by atoms with van der Waals surface area (Å²) in [7, 11) is 0. The van der Waals surface area contributed by atoms with E-state index in [1.807, 2.05) is 0 Å². The van der Waals surface area contributed by atoms with Crippen LogP contribution in [0.1, 0.15) is 39.0 Å². The highest BCUT2D eigenvalue weighted by Crippen LogP contribution is 2.38. The van der Waals surface area contributed by atoms with Crippen molar-refractivity contribution in [3.63, 3.8) is 0 Å². The van der Waals surface area contributed by atoms with Gasteiger partial charge >= 0.3 is 0 Å². The normalized spacial score (nSPS) is 33.1. The molecular weight excluding hydrogens is 270 g/mol. The number of halogens is 1. The van der Waals surface area contributed by atoms with Gasteiger partial charge in [-0.15, -0.1) is 0 Å². The molecule has 2 atom stereocenters. The maximum absolute atomic E-state index is 12.0. The van der Waals surface area contributed by atoms with Gasteiger partial charge in [0.05, 0.1) is 0 Å². The number of alkyl halides is 1. The average Bonchev–Trinajstić information content (AvgIpc) is 2.52. The van der Waals surface area contributed by atoms with Crippen LogP contribution in [-0.4, -0.2) is 40.9 Å². The molecule has 0 aromatic rings. The molecule has 0 saturated carbocycles. The molecule has 0 aromatic heterocycles. The number of nitrogens with zero attached hydrogens (tertiary/aromatic N) is 1. The summed E-state index contributed by atoms with van der Waals surface area (Å²) in [5.74, 6) is 0.195. The number of carbonyl (C=O) groups excluding carboxylic acids is 1. The molecule has 2 bridgehead atoms. The van der Waals surface area contributed by atoms with E-state index in [0.29, 0.717) is 23.5 Å². The van der Waals surface area contributed by atoms with Crippen molar-refractivity contribution in [2.75, 3.05) is 13.2 Å². The van der Waals surface area contributed by atoms with Crippen LogP contribution in [0.2, 0.25) is 0 Å². The second-order valence-electron chi connectivity index (χ2n) is 4.81. The van der Waals surface area contributed by atoms with Crippen LogP contribution in [0.25, 0.3) is 0 Å². The standard InChI is InChI=1S/C12H20BrNO2/c1-2-5-16-8-12(15)14-10-3-4-11(14)7-9(13)6-10/h9-11H,2-8H2,1H3. The van der Waals surface area contributed by atoms with E-state index in [1.165, 1.54) is 12.8 Å². The van der Waals surface area contributed by atoms with Crippen molar-refractivity contribution in [2.45, 2.75) is 55.9 Å². The van der Waals surface area contributed by atoms with Crippen molar-refractivity contribution in [1.29, 1.82) is 0 Å². The van der Waals surface area contributed by atoms with Crippen molar-refractivity contribution in [3.05, 3.63) is 0 Å². The van der Waals surface area contributed by atoms with Crippen LogP contribution in [0.5, 0.6) is 0 Å². The van der Waals surface area contributed by atoms with Crippen LogP contribution in [0.4, 0.5) is 0 Å². The van der Waals surface area contributed by atoms with E-state index in [0.717, 1.165) is 19.3 Å². The molecule has 2 unspecified atom stereocenters. The Hall–Kier alpha value is -0.0900. The summed E-state index contributed by atoms with van der Waals surface area (Å²) in [6.45, 7) is 3.02. The Morgan fingerprint density at radius 1 is 1.38 bits per heavy atom. The highest BCUT2D eigenvalue weighted by Gasteiger charge is 2.42. The van der Waals surface area contributed by atoms with Crippen molar-refractivity contribution < 1.29 is 9.53 Å². The first kappa shape index (κ1) is 12.4. The number of fused-ring (bicyclic) bond motifs is 2. The predicted molar refractivity (Wildman–Crippen MR) is 66.7 cm³/mol. The van der Waals surface area contributed by atoms with Gasteiger partial charge < -0.3 is 9.64 Å². The molecule has 2 aliphatic rings. The second kappa shape index (κ2) is 5.50. The van der Waals surface area contributed by atoms with Crippen LogP contribution < -0.4 is 0 Å². The van der Waals surface area contributed by atoms with Gasteiger partial charge in [0.25, 0.3) is 0 Å². The van der Waals surface area contributed by atoms with Gasteiger partial charge in [-0.1, -0.05) is 22.9 Å². The van der Waals surface area contributed by atoms with Crippen LogP contribution in [-0.2, 0) is 9.53 Å². The number of amides is 1. The van der Waals surface area contributed by atoms with Crippen molar-refractivity contribution in [1.82, 2.24) is 4.90 Å².